The summed E-state index contributed by atoms with van der Waals surface area (Å²) in [5.41, 5.74) is 1.81. The maximum atomic E-state index is 2.51. The van der Waals surface area contributed by atoms with Gasteiger partial charge in [-0.15, -0.1) is 0 Å². The smallest absolute Gasteiger partial charge is 0.0200 e. The fourth-order valence-electron chi connectivity index (χ4n) is 2.64. The van der Waals surface area contributed by atoms with Gasteiger partial charge in [0.15, 0.2) is 0 Å². The van der Waals surface area contributed by atoms with E-state index in [0.29, 0.717) is 0 Å². The Labute approximate surface area is 69.7 Å². The highest BCUT2D eigenvalue weighted by Crippen LogP contribution is 2.45. The fourth-order valence-corrected chi connectivity index (χ4v) is 2.64. The van der Waals surface area contributed by atoms with Crippen LogP contribution in [0.2, 0.25) is 0 Å². The molecule has 1 fully saturated rings. The van der Waals surface area contributed by atoms with E-state index in [1.165, 1.54) is 38.5 Å². The van der Waals surface area contributed by atoms with E-state index in [-0.39, 0.29) is 0 Å². The van der Waals surface area contributed by atoms with E-state index in [1.807, 2.05) is 5.57 Å². The number of allylic oxidation sites excluding steroid dienone is 2. The van der Waals surface area contributed by atoms with Crippen LogP contribution in [0.3, 0.4) is 0 Å². The van der Waals surface area contributed by atoms with E-state index in [2.05, 4.69) is 13.0 Å². The zero-order valence-electron chi connectivity index (χ0n) is 7.47. The molecule has 2 unspecified atom stereocenters. The number of unbranched alkanes of at least 4 members (excludes halogenated alkanes) is 1. The molecule has 2 atom stereocenters. The van der Waals surface area contributed by atoms with E-state index in [0.717, 1.165) is 11.8 Å². The minimum absolute atomic E-state index is 1.01. The molecule has 2 bridgehead atoms. The highest BCUT2D eigenvalue weighted by molar-refractivity contribution is 5.19. The summed E-state index contributed by atoms with van der Waals surface area (Å²) in [5, 5.41) is 0. The van der Waals surface area contributed by atoms with Gasteiger partial charge in [0.05, 0.1) is 0 Å². The third kappa shape index (κ3) is 1.36. The van der Waals surface area contributed by atoms with Gasteiger partial charge in [-0.3, -0.25) is 0 Å². The average Bonchev–Trinajstić information content (AvgIpc) is 2.60. The van der Waals surface area contributed by atoms with Crippen LogP contribution in [0.5, 0.6) is 0 Å². The lowest BCUT2D eigenvalue weighted by Gasteiger charge is -2.14. The number of hydrogen-bond donors (Lipinski definition) is 0. The SMILES string of the molecule is CCCCC1CC2CC=C1C2. The highest BCUT2D eigenvalue weighted by atomic mass is 14.4. The lowest BCUT2D eigenvalue weighted by Crippen LogP contribution is -2.01. The summed E-state index contributed by atoms with van der Waals surface area (Å²) in [6.07, 6.45) is 11.2. The Hall–Kier alpha value is -0.260. The van der Waals surface area contributed by atoms with Crippen molar-refractivity contribution in [3.8, 4) is 0 Å². The van der Waals surface area contributed by atoms with Gasteiger partial charge in [0.1, 0.15) is 0 Å². The molecule has 11 heavy (non-hydrogen) atoms. The first-order valence-electron chi connectivity index (χ1n) is 5.09. The average molecular weight is 150 g/mol. The maximum Gasteiger partial charge on any atom is -0.0200 e. The number of rotatable bonds is 3. The predicted octanol–water partition coefficient (Wildman–Crippen LogP) is 3.53. The molecular weight excluding hydrogens is 132 g/mol. The lowest BCUT2D eigenvalue weighted by molar-refractivity contribution is 0.458. The molecule has 2 rings (SSSR count). The normalized spacial score (nSPS) is 34.5. The summed E-state index contributed by atoms with van der Waals surface area (Å²) >= 11 is 0. The van der Waals surface area contributed by atoms with Crippen LogP contribution in [0.15, 0.2) is 11.6 Å². The summed E-state index contributed by atoms with van der Waals surface area (Å²) in [6.45, 7) is 2.29. The highest BCUT2D eigenvalue weighted by Gasteiger charge is 2.31. The molecule has 0 saturated heterocycles. The monoisotopic (exact) mass is 150 g/mol. The van der Waals surface area contributed by atoms with E-state index in [1.54, 1.807) is 0 Å². The Bertz CT molecular complexity index is 167. The second-order valence-electron chi connectivity index (χ2n) is 4.16. The lowest BCUT2D eigenvalue weighted by atomic mass is 9.91. The van der Waals surface area contributed by atoms with Gasteiger partial charge in [0.2, 0.25) is 0 Å². The van der Waals surface area contributed by atoms with Gasteiger partial charge in [-0.05, 0) is 37.5 Å². The van der Waals surface area contributed by atoms with Crippen molar-refractivity contribution >= 4 is 0 Å². The first-order chi connectivity index (χ1) is 5.40. The molecule has 0 nitrogen and oxygen atoms in total. The minimum atomic E-state index is 1.01. The van der Waals surface area contributed by atoms with E-state index >= 15 is 0 Å². The zero-order chi connectivity index (χ0) is 7.68. The van der Waals surface area contributed by atoms with Gasteiger partial charge in [0, 0.05) is 0 Å². The molecule has 2 aliphatic carbocycles. The molecule has 0 N–H and O–H groups in total. The fraction of sp³-hybridized carbons (Fsp3) is 0.818. The van der Waals surface area contributed by atoms with Crippen LogP contribution >= 0.6 is 0 Å². The van der Waals surface area contributed by atoms with Gasteiger partial charge in [-0.25, -0.2) is 0 Å². The Kier molecular flexibility index (Phi) is 2.02. The van der Waals surface area contributed by atoms with Gasteiger partial charge < -0.3 is 0 Å². The quantitative estimate of drug-likeness (QED) is 0.540. The molecule has 0 heterocycles. The van der Waals surface area contributed by atoms with Gasteiger partial charge in [-0.2, -0.15) is 0 Å². The standard InChI is InChI=1S/C11H18/c1-2-3-4-10-7-9-5-6-11(10)8-9/h6,9-10H,2-5,7-8H2,1H3. The second kappa shape index (κ2) is 3.00. The van der Waals surface area contributed by atoms with Crippen molar-refractivity contribution < 1.29 is 0 Å². The van der Waals surface area contributed by atoms with E-state index in [4.69, 9.17) is 0 Å². The van der Waals surface area contributed by atoms with Crippen molar-refractivity contribution in [3.05, 3.63) is 11.6 Å². The summed E-state index contributed by atoms with van der Waals surface area (Å²) in [5.74, 6) is 2.07. The molecule has 0 aliphatic heterocycles. The number of hydrogen-bond acceptors (Lipinski definition) is 0. The molecule has 62 valence electrons. The van der Waals surface area contributed by atoms with Gasteiger partial charge >= 0.3 is 0 Å². The van der Waals surface area contributed by atoms with Crippen molar-refractivity contribution in [1.29, 1.82) is 0 Å². The Morgan fingerprint density at radius 1 is 1.55 bits per heavy atom. The third-order valence-corrected chi connectivity index (χ3v) is 3.29. The predicted molar refractivity (Wildman–Crippen MR) is 48.4 cm³/mol. The zero-order valence-corrected chi connectivity index (χ0v) is 7.47. The molecule has 0 aromatic carbocycles. The molecule has 0 aromatic rings. The Morgan fingerprint density at radius 2 is 2.45 bits per heavy atom. The molecule has 0 amide bonds. The first-order valence-corrected chi connectivity index (χ1v) is 5.09. The van der Waals surface area contributed by atoms with Crippen molar-refractivity contribution in [3.63, 3.8) is 0 Å². The topological polar surface area (TPSA) is 0 Å². The Balaban J connectivity index is 1.87. The molecule has 2 aliphatic rings. The van der Waals surface area contributed by atoms with Crippen LogP contribution in [0.1, 0.15) is 45.4 Å². The van der Waals surface area contributed by atoms with Gasteiger partial charge in [0.25, 0.3) is 0 Å². The summed E-state index contributed by atoms with van der Waals surface area (Å²) in [4.78, 5) is 0. The van der Waals surface area contributed by atoms with Crippen LogP contribution in [-0.4, -0.2) is 0 Å². The Morgan fingerprint density at radius 3 is 3.00 bits per heavy atom. The maximum absolute atomic E-state index is 2.51. The molecule has 0 aromatic heterocycles. The van der Waals surface area contributed by atoms with Crippen LogP contribution in [0.4, 0.5) is 0 Å². The van der Waals surface area contributed by atoms with Crippen LogP contribution in [0, 0.1) is 11.8 Å². The molecule has 0 heteroatoms. The molecule has 0 spiro atoms. The molecular formula is C11H18. The second-order valence-corrected chi connectivity index (χ2v) is 4.16. The third-order valence-electron chi connectivity index (χ3n) is 3.29. The first kappa shape index (κ1) is 7.39. The molecule has 1 saturated carbocycles. The summed E-state index contributed by atoms with van der Waals surface area (Å²) < 4.78 is 0. The van der Waals surface area contributed by atoms with Crippen molar-refractivity contribution in [2.75, 3.05) is 0 Å². The van der Waals surface area contributed by atoms with Crippen LogP contribution < -0.4 is 0 Å². The van der Waals surface area contributed by atoms with Crippen LogP contribution in [0.25, 0.3) is 0 Å². The number of fused-ring (bicyclic) bond motifs is 2. The van der Waals surface area contributed by atoms with E-state index in [9.17, 15) is 0 Å². The van der Waals surface area contributed by atoms with E-state index < -0.39 is 0 Å². The van der Waals surface area contributed by atoms with Crippen molar-refractivity contribution in [2.45, 2.75) is 45.4 Å². The largest absolute Gasteiger partial charge is 0.0848 e. The molecule has 0 radical (unpaired) electrons. The minimum Gasteiger partial charge on any atom is -0.0848 e. The van der Waals surface area contributed by atoms with Gasteiger partial charge in [-0.1, -0.05) is 31.4 Å². The summed E-state index contributed by atoms with van der Waals surface area (Å²) in [6, 6.07) is 0. The van der Waals surface area contributed by atoms with Crippen molar-refractivity contribution in [2.24, 2.45) is 11.8 Å². The van der Waals surface area contributed by atoms with Crippen molar-refractivity contribution in [1.82, 2.24) is 0 Å². The summed E-state index contributed by atoms with van der Waals surface area (Å²) in [7, 11) is 0. The van der Waals surface area contributed by atoms with Crippen LogP contribution in [-0.2, 0) is 0 Å².